The van der Waals surface area contributed by atoms with Gasteiger partial charge in [-0.25, -0.2) is 0 Å². The Morgan fingerprint density at radius 3 is 2.69 bits per heavy atom. The first kappa shape index (κ1) is 21.9. The summed E-state index contributed by atoms with van der Waals surface area (Å²) in [4.78, 5) is 14.3. The molecule has 1 aliphatic heterocycles. The molecule has 0 radical (unpaired) electrons. The zero-order valence-electron chi connectivity index (χ0n) is 17.4. The van der Waals surface area contributed by atoms with E-state index >= 15 is 0 Å². The number of piperidine rings is 1. The lowest BCUT2D eigenvalue weighted by Gasteiger charge is -2.31. The van der Waals surface area contributed by atoms with Gasteiger partial charge in [-0.15, -0.1) is 10.2 Å². The van der Waals surface area contributed by atoms with Crippen molar-refractivity contribution < 1.29 is 27.1 Å². The molecule has 0 bridgehead atoms. The van der Waals surface area contributed by atoms with Crippen molar-refractivity contribution in [2.75, 3.05) is 19.7 Å². The lowest BCUT2D eigenvalue weighted by atomic mass is 9.98. The fourth-order valence-electron chi connectivity index (χ4n) is 3.66. The van der Waals surface area contributed by atoms with Gasteiger partial charge >= 0.3 is 6.18 Å². The van der Waals surface area contributed by atoms with Gasteiger partial charge in [-0.05, 0) is 61.7 Å². The molecule has 6 nitrogen and oxygen atoms in total. The molecule has 2 aromatic carbocycles. The summed E-state index contributed by atoms with van der Waals surface area (Å²) in [7, 11) is 0. The Balaban J connectivity index is 1.38. The second-order valence-corrected chi connectivity index (χ2v) is 7.80. The third-order valence-corrected chi connectivity index (χ3v) is 5.37. The van der Waals surface area contributed by atoms with Gasteiger partial charge in [0.2, 0.25) is 11.8 Å². The normalized spacial score (nSPS) is 16.8. The molecule has 0 aliphatic carbocycles. The molecule has 3 aromatic rings. The van der Waals surface area contributed by atoms with Crippen LogP contribution in [0.3, 0.4) is 0 Å². The van der Waals surface area contributed by atoms with Crippen molar-refractivity contribution in [1.82, 2.24) is 15.1 Å². The second-order valence-electron chi connectivity index (χ2n) is 7.80. The van der Waals surface area contributed by atoms with Crippen molar-refractivity contribution in [1.29, 1.82) is 0 Å². The van der Waals surface area contributed by atoms with Gasteiger partial charge in [0.25, 0.3) is 5.91 Å². The Bertz CT molecular complexity index is 1080. The Kier molecular flexibility index (Phi) is 6.16. The molecular weight excluding hydrogens is 423 g/mol. The number of hydrogen-bond donors (Lipinski definition) is 0. The van der Waals surface area contributed by atoms with Gasteiger partial charge in [0.15, 0.2) is 6.61 Å². The molecule has 1 unspecified atom stereocenters. The third kappa shape index (κ3) is 5.09. The minimum absolute atomic E-state index is 0.0587. The number of alkyl halides is 3. The molecule has 168 valence electrons. The quantitative estimate of drug-likeness (QED) is 0.562. The van der Waals surface area contributed by atoms with Crippen molar-refractivity contribution in [2.24, 2.45) is 0 Å². The lowest BCUT2D eigenvalue weighted by molar-refractivity contribution is -0.137. The van der Waals surface area contributed by atoms with E-state index in [-0.39, 0.29) is 24.3 Å². The number of hydrogen-bond acceptors (Lipinski definition) is 5. The van der Waals surface area contributed by atoms with Crippen LogP contribution in [0.2, 0.25) is 0 Å². The van der Waals surface area contributed by atoms with E-state index in [9.17, 15) is 18.0 Å². The van der Waals surface area contributed by atoms with Crippen molar-refractivity contribution in [2.45, 2.75) is 31.9 Å². The fourth-order valence-corrected chi connectivity index (χ4v) is 3.66. The van der Waals surface area contributed by atoms with Crippen LogP contribution in [0.25, 0.3) is 11.5 Å². The highest BCUT2D eigenvalue weighted by Crippen LogP contribution is 2.32. The van der Waals surface area contributed by atoms with Crippen LogP contribution in [0.1, 0.15) is 35.8 Å². The average Bonchev–Trinajstić information content (AvgIpc) is 3.27. The largest absolute Gasteiger partial charge is 0.484 e. The minimum Gasteiger partial charge on any atom is -0.484 e. The molecule has 1 atom stereocenters. The monoisotopic (exact) mass is 445 g/mol. The molecule has 1 aliphatic rings. The molecule has 0 N–H and O–H groups in total. The Morgan fingerprint density at radius 2 is 1.97 bits per heavy atom. The Hall–Kier alpha value is -3.36. The van der Waals surface area contributed by atoms with E-state index in [2.05, 4.69) is 10.2 Å². The van der Waals surface area contributed by atoms with Gasteiger partial charge in [0, 0.05) is 18.7 Å². The van der Waals surface area contributed by atoms with E-state index < -0.39 is 11.7 Å². The van der Waals surface area contributed by atoms with Gasteiger partial charge in [0.1, 0.15) is 5.75 Å². The Labute approximate surface area is 183 Å². The number of amides is 1. The summed E-state index contributed by atoms with van der Waals surface area (Å²) in [6.45, 7) is 2.93. The predicted octanol–water partition coefficient (Wildman–Crippen LogP) is 4.85. The fraction of sp³-hybridized carbons (Fsp3) is 0.348. The number of carbonyl (C=O) groups is 1. The van der Waals surface area contributed by atoms with Crippen LogP contribution in [-0.2, 0) is 11.0 Å². The summed E-state index contributed by atoms with van der Waals surface area (Å²) in [5.74, 6) is 0.906. The number of likely N-dealkylation sites (tertiary alicyclic amines) is 1. The van der Waals surface area contributed by atoms with Crippen molar-refractivity contribution in [3.8, 4) is 17.2 Å². The smallest absolute Gasteiger partial charge is 0.416 e. The SMILES string of the molecule is Cc1cccc(OCC(=O)N2CCCC(c3nnc(-c4ccc(C(F)(F)F)cc4)o3)C2)c1. The minimum atomic E-state index is -4.40. The number of aromatic nitrogens is 2. The third-order valence-electron chi connectivity index (χ3n) is 5.37. The maximum Gasteiger partial charge on any atom is 0.416 e. The first-order valence-corrected chi connectivity index (χ1v) is 10.3. The molecule has 2 heterocycles. The number of nitrogens with zero attached hydrogens (tertiary/aromatic N) is 3. The second kappa shape index (κ2) is 9.02. The molecule has 1 fully saturated rings. The van der Waals surface area contributed by atoms with E-state index in [1.165, 1.54) is 12.1 Å². The topological polar surface area (TPSA) is 68.5 Å². The van der Waals surface area contributed by atoms with Crippen molar-refractivity contribution in [3.63, 3.8) is 0 Å². The molecule has 0 spiro atoms. The van der Waals surface area contributed by atoms with E-state index in [0.717, 1.165) is 30.5 Å². The van der Waals surface area contributed by atoms with E-state index in [0.29, 0.717) is 30.3 Å². The number of aryl methyl sites for hydroxylation is 1. The van der Waals surface area contributed by atoms with Crippen LogP contribution in [0.5, 0.6) is 5.75 Å². The summed E-state index contributed by atoms with van der Waals surface area (Å²) in [6.07, 6.45) is -2.85. The standard InChI is InChI=1S/C23H22F3N3O3/c1-15-4-2-6-19(12-15)31-14-20(30)29-11-3-5-17(13-29)22-28-27-21(32-22)16-7-9-18(10-8-16)23(24,25)26/h2,4,6-10,12,17H,3,5,11,13-14H2,1H3. The van der Waals surface area contributed by atoms with Gasteiger partial charge in [-0.2, -0.15) is 13.2 Å². The van der Waals surface area contributed by atoms with Crippen LogP contribution >= 0.6 is 0 Å². The molecule has 0 saturated carbocycles. The number of carbonyl (C=O) groups excluding carboxylic acids is 1. The first-order chi connectivity index (χ1) is 15.3. The van der Waals surface area contributed by atoms with Crippen LogP contribution in [0, 0.1) is 6.92 Å². The average molecular weight is 445 g/mol. The maximum atomic E-state index is 12.7. The lowest BCUT2D eigenvalue weighted by Crippen LogP contribution is -2.41. The molecule has 9 heteroatoms. The molecule has 1 amide bonds. The zero-order chi connectivity index (χ0) is 22.7. The molecule has 1 saturated heterocycles. The first-order valence-electron chi connectivity index (χ1n) is 10.3. The number of ether oxygens (including phenoxy) is 1. The molecular formula is C23H22F3N3O3. The number of benzene rings is 2. The highest BCUT2D eigenvalue weighted by atomic mass is 19.4. The van der Waals surface area contributed by atoms with E-state index in [1.54, 1.807) is 11.0 Å². The summed E-state index contributed by atoms with van der Waals surface area (Å²) >= 11 is 0. The van der Waals surface area contributed by atoms with Crippen molar-refractivity contribution >= 4 is 5.91 Å². The van der Waals surface area contributed by atoms with Crippen LogP contribution in [0.4, 0.5) is 13.2 Å². The maximum absolute atomic E-state index is 12.7. The Morgan fingerprint density at radius 1 is 1.19 bits per heavy atom. The van der Waals surface area contributed by atoms with Crippen LogP contribution in [0.15, 0.2) is 52.9 Å². The number of rotatable bonds is 5. The van der Waals surface area contributed by atoms with E-state index in [1.807, 2.05) is 25.1 Å². The van der Waals surface area contributed by atoms with Crippen LogP contribution in [-0.4, -0.2) is 40.7 Å². The van der Waals surface area contributed by atoms with E-state index in [4.69, 9.17) is 9.15 Å². The summed E-state index contributed by atoms with van der Waals surface area (Å²) in [5, 5.41) is 8.06. The summed E-state index contributed by atoms with van der Waals surface area (Å²) in [5.41, 5.74) is 0.718. The summed E-state index contributed by atoms with van der Waals surface area (Å²) < 4.78 is 49.6. The van der Waals surface area contributed by atoms with Gasteiger partial charge < -0.3 is 14.1 Å². The van der Waals surface area contributed by atoms with Crippen molar-refractivity contribution in [3.05, 3.63) is 65.5 Å². The highest BCUT2D eigenvalue weighted by Gasteiger charge is 2.31. The van der Waals surface area contributed by atoms with Gasteiger partial charge in [-0.1, -0.05) is 12.1 Å². The van der Waals surface area contributed by atoms with Gasteiger partial charge in [0.05, 0.1) is 11.5 Å². The molecule has 4 rings (SSSR count). The predicted molar refractivity (Wildman–Crippen MR) is 110 cm³/mol. The number of halogens is 3. The van der Waals surface area contributed by atoms with Crippen LogP contribution < -0.4 is 4.74 Å². The zero-order valence-corrected chi connectivity index (χ0v) is 17.4. The summed E-state index contributed by atoms with van der Waals surface area (Å²) in [6, 6.07) is 12.1. The molecule has 1 aromatic heterocycles. The van der Waals surface area contributed by atoms with Gasteiger partial charge in [-0.3, -0.25) is 4.79 Å². The molecule has 32 heavy (non-hydrogen) atoms. The highest BCUT2D eigenvalue weighted by molar-refractivity contribution is 5.78.